The van der Waals surface area contributed by atoms with Crippen LogP contribution in [0, 0.1) is 18.3 Å². The summed E-state index contributed by atoms with van der Waals surface area (Å²) >= 11 is 5.52. The van der Waals surface area contributed by atoms with Crippen LogP contribution in [0.15, 0.2) is 6.20 Å². The average molecular weight is 168 g/mol. The highest BCUT2D eigenvalue weighted by Crippen LogP contribution is 2.06. The second-order valence-electron chi connectivity index (χ2n) is 2.10. The lowest BCUT2D eigenvalue weighted by Crippen LogP contribution is -1.94. The van der Waals surface area contributed by atoms with Gasteiger partial charge in [0.05, 0.1) is 18.2 Å². The third-order valence-corrected chi connectivity index (χ3v) is 1.48. The first-order valence-corrected chi connectivity index (χ1v) is 3.47. The van der Waals surface area contributed by atoms with E-state index in [0.29, 0.717) is 5.69 Å². The van der Waals surface area contributed by atoms with Gasteiger partial charge in [-0.1, -0.05) is 0 Å². The zero-order chi connectivity index (χ0) is 8.27. The molecule has 0 aromatic carbocycles. The van der Waals surface area contributed by atoms with Crippen LogP contribution in [0.4, 0.5) is 0 Å². The standard InChI is InChI=1S/C7H6ClN3/c1-5-4-10-7(8)11-6(5)2-3-9/h4H,2H2,1H3. The Morgan fingerprint density at radius 1 is 1.73 bits per heavy atom. The number of aryl methyl sites for hydroxylation is 1. The van der Waals surface area contributed by atoms with E-state index in [0.717, 1.165) is 5.56 Å². The summed E-state index contributed by atoms with van der Waals surface area (Å²) in [5.41, 5.74) is 1.60. The van der Waals surface area contributed by atoms with Gasteiger partial charge in [0, 0.05) is 6.20 Å². The van der Waals surface area contributed by atoms with Crippen LogP contribution in [0.2, 0.25) is 5.28 Å². The van der Waals surface area contributed by atoms with Crippen molar-refractivity contribution in [2.75, 3.05) is 0 Å². The van der Waals surface area contributed by atoms with Gasteiger partial charge >= 0.3 is 0 Å². The van der Waals surface area contributed by atoms with Crippen LogP contribution in [-0.2, 0) is 6.42 Å². The molecule has 1 heterocycles. The molecule has 56 valence electrons. The van der Waals surface area contributed by atoms with E-state index in [1.54, 1.807) is 6.20 Å². The molecule has 0 saturated carbocycles. The first-order chi connectivity index (χ1) is 5.24. The highest BCUT2D eigenvalue weighted by molar-refractivity contribution is 6.28. The number of rotatable bonds is 1. The maximum Gasteiger partial charge on any atom is 0.222 e. The van der Waals surface area contributed by atoms with Gasteiger partial charge in [-0.25, -0.2) is 9.97 Å². The summed E-state index contributed by atoms with van der Waals surface area (Å²) in [4.78, 5) is 7.66. The molecule has 0 fully saturated rings. The van der Waals surface area contributed by atoms with Crippen LogP contribution in [0.5, 0.6) is 0 Å². The third kappa shape index (κ3) is 1.89. The fourth-order valence-corrected chi connectivity index (χ4v) is 0.858. The summed E-state index contributed by atoms with van der Waals surface area (Å²) < 4.78 is 0. The van der Waals surface area contributed by atoms with Gasteiger partial charge < -0.3 is 0 Å². The zero-order valence-corrected chi connectivity index (χ0v) is 6.76. The van der Waals surface area contributed by atoms with Crippen molar-refractivity contribution in [3.8, 4) is 6.07 Å². The number of hydrogen-bond acceptors (Lipinski definition) is 3. The van der Waals surface area contributed by atoms with Crippen molar-refractivity contribution >= 4 is 11.6 Å². The molecule has 0 aliphatic heterocycles. The van der Waals surface area contributed by atoms with Gasteiger partial charge in [-0.15, -0.1) is 0 Å². The zero-order valence-electron chi connectivity index (χ0n) is 6.00. The van der Waals surface area contributed by atoms with Crippen LogP contribution in [0.3, 0.4) is 0 Å². The van der Waals surface area contributed by atoms with E-state index in [9.17, 15) is 0 Å². The Kier molecular flexibility index (Phi) is 2.40. The lowest BCUT2D eigenvalue weighted by atomic mass is 10.2. The predicted molar refractivity (Wildman–Crippen MR) is 41.1 cm³/mol. The highest BCUT2D eigenvalue weighted by Gasteiger charge is 2.00. The van der Waals surface area contributed by atoms with Gasteiger partial charge in [0.15, 0.2) is 0 Å². The Hall–Kier alpha value is -1.14. The van der Waals surface area contributed by atoms with Crippen LogP contribution in [-0.4, -0.2) is 9.97 Å². The van der Waals surface area contributed by atoms with Gasteiger partial charge in [0.1, 0.15) is 0 Å². The van der Waals surface area contributed by atoms with Crippen molar-refractivity contribution in [2.45, 2.75) is 13.3 Å². The number of nitrogens with zero attached hydrogens (tertiary/aromatic N) is 3. The third-order valence-electron chi connectivity index (χ3n) is 1.29. The molecule has 0 spiro atoms. The van der Waals surface area contributed by atoms with Gasteiger partial charge in [-0.2, -0.15) is 5.26 Å². The number of nitriles is 1. The Balaban J connectivity index is 3.05. The van der Waals surface area contributed by atoms with Crippen molar-refractivity contribution in [1.82, 2.24) is 9.97 Å². The van der Waals surface area contributed by atoms with Crippen LogP contribution < -0.4 is 0 Å². The number of hydrogen-bond donors (Lipinski definition) is 0. The molecular formula is C7H6ClN3. The highest BCUT2D eigenvalue weighted by atomic mass is 35.5. The van der Waals surface area contributed by atoms with Gasteiger partial charge in [-0.05, 0) is 24.1 Å². The van der Waals surface area contributed by atoms with E-state index in [4.69, 9.17) is 16.9 Å². The summed E-state index contributed by atoms with van der Waals surface area (Å²) in [5, 5.41) is 8.58. The van der Waals surface area contributed by atoms with Crippen LogP contribution in [0.25, 0.3) is 0 Å². The summed E-state index contributed by atoms with van der Waals surface area (Å²) in [7, 11) is 0. The molecule has 0 bridgehead atoms. The monoisotopic (exact) mass is 167 g/mol. The van der Waals surface area contributed by atoms with E-state index in [-0.39, 0.29) is 11.7 Å². The minimum Gasteiger partial charge on any atom is -0.226 e. The molecule has 0 N–H and O–H groups in total. The molecule has 11 heavy (non-hydrogen) atoms. The van der Waals surface area contributed by atoms with E-state index >= 15 is 0 Å². The molecule has 0 radical (unpaired) electrons. The molecule has 0 aliphatic carbocycles. The van der Waals surface area contributed by atoms with Crippen molar-refractivity contribution in [3.63, 3.8) is 0 Å². The summed E-state index contributed by atoms with van der Waals surface area (Å²) in [6.45, 7) is 1.85. The normalized spacial score (nSPS) is 9.18. The van der Waals surface area contributed by atoms with Crippen LogP contribution >= 0.6 is 11.6 Å². The Morgan fingerprint density at radius 2 is 2.45 bits per heavy atom. The quantitative estimate of drug-likeness (QED) is 0.596. The molecule has 0 unspecified atom stereocenters. The largest absolute Gasteiger partial charge is 0.226 e. The van der Waals surface area contributed by atoms with E-state index in [1.807, 2.05) is 13.0 Å². The molecule has 0 aliphatic rings. The molecule has 0 saturated heterocycles. The Bertz CT molecular complexity index is 303. The summed E-state index contributed by atoms with van der Waals surface area (Å²) in [6, 6.07) is 2.00. The minimum absolute atomic E-state index is 0.195. The van der Waals surface area contributed by atoms with Gasteiger partial charge in [0.2, 0.25) is 5.28 Å². The first kappa shape index (κ1) is 7.96. The summed E-state index contributed by atoms with van der Waals surface area (Å²) in [6.07, 6.45) is 1.90. The second kappa shape index (κ2) is 3.31. The molecule has 0 atom stereocenters. The van der Waals surface area contributed by atoms with E-state index in [2.05, 4.69) is 9.97 Å². The van der Waals surface area contributed by atoms with Gasteiger partial charge in [-0.3, -0.25) is 0 Å². The Labute approximate surface area is 69.7 Å². The second-order valence-corrected chi connectivity index (χ2v) is 2.44. The number of aromatic nitrogens is 2. The SMILES string of the molecule is Cc1cnc(Cl)nc1CC#N. The minimum atomic E-state index is 0.195. The van der Waals surface area contributed by atoms with Gasteiger partial charge in [0.25, 0.3) is 0 Å². The van der Waals surface area contributed by atoms with Crippen LogP contribution in [0.1, 0.15) is 11.3 Å². The molecule has 4 heteroatoms. The topological polar surface area (TPSA) is 49.6 Å². The predicted octanol–water partition coefficient (Wildman–Crippen LogP) is 1.50. The molecule has 1 aromatic rings. The van der Waals surface area contributed by atoms with Crippen molar-refractivity contribution in [2.24, 2.45) is 0 Å². The lowest BCUT2D eigenvalue weighted by Gasteiger charge is -1.97. The average Bonchev–Trinajstić information content (AvgIpc) is 1.98. The Morgan fingerprint density at radius 3 is 3.09 bits per heavy atom. The fraction of sp³-hybridized carbons (Fsp3) is 0.286. The fourth-order valence-electron chi connectivity index (χ4n) is 0.707. The maximum atomic E-state index is 8.38. The molecule has 0 amide bonds. The lowest BCUT2D eigenvalue weighted by molar-refractivity contribution is 1.02. The van der Waals surface area contributed by atoms with E-state index < -0.39 is 0 Å². The number of halogens is 1. The smallest absolute Gasteiger partial charge is 0.222 e. The van der Waals surface area contributed by atoms with E-state index in [1.165, 1.54) is 0 Å². The summed E-state index contributed by atoms with van der Waals surface area (Å²) in [5.74, 6) is 0. The molecule has 1 aromatic heterocycles. The molecule has 3 nitrogen and oxygen atoms in total. The first-order valence-electron chi connectivity index (χ1n) is 3.09. The molecule has 1 rings (SSSR count). The molecular weight excluding hydrogens is 162 g/mol. The van der Waals surface area contributed by atoms with Crippen molar-refractivity contribution in [1.29, 1.82) is 5.26 Å². The van der Waals surface area contributed by atoms with Crippen molar-refractivity contribution < 1.29 is 0 Å². The maximum absolute atomic E-state index is 8.38. The van der Waals surface area contributed by atoms with Crippen molar-refractivity contribution in [3.05, 3.63) is 22.7 Å².